The first-order valence-electron chi connectivity index (χ1n) is 6.98. The van der Waals surface area contributed by atoms with Crippen LogP contribution in [0.25, 0.3) is 0 Å². The smallest absolute Gasteiger partial charge is 0.338 e. The van der Waals surface area contributed by atoms with E-state index in [9.17, 15) is 9.59 Å². The Morgan fingerprint density at radius 1 is 1.43 bits per heavy atom. The molecule has 2 amide bonds. The maximum Gasteiger partial charge on any atom is 0.338 e. The van der Waals surface area contributed by atoms with Crippen LogP contribution in [0.2, 0.25) is 5.02 Å². The molecule has 0 spiro atoms. The van der Waals surface area contributed by atoms with E-state index in [2.05, 4.69) is 26.6 Å². The fourth-order valence-corrected chi connectivity index (χ4v) is 2.86. The second kappa shape index (κ2) is 7.70. The number of hydrogen-bond acceptors (Lipinski definition) is 4. The summed E-state index contributed by atoms with van der Waals surface area (Å²) in [5, 5.41) is 5.63. The molecule has 0 radical (unpaired) electrons. The van der Waals surface area contributed by atoms with Crippen LogP contribution in [-0.4, -0.2) is 31.3 Å². The number of urea groups is 1. The van der Waals surface area contributed by atoms with Crippen molar-refractivity contribution in [2.45, 2.75) is 19.9 Å². The average Bonchev–Trinajstić information content (AvgIpc) is 2.45. The van der Waals surface area contributed by atoms with Gasteiger partial charge in [-0.3, -0.25) is 0 Å². The average molecular weight is 404 g/mol. The Balaban J connectivity index is 2.23. The van der Waals surface area contributed by atoms with Gasteiger partial charge in [-0.15, -0.1) is 0 Å². The van der Waals surface area contributed by atoms with Crippen LogP contribution < -0.4 is 15.4 Å². The first-order valence-corrected chi connectivity index (χ1v) is 8.15. The molecule has 6 nitrogen and oxygen atoms in total. The van der Waals surface area contributed by atoms with Crippen molar-refractivity contribution < 1.29 is 19.1 Å². The third-order valence-electron chi connectivity index (χ3n) is 3.13. The fourth-order valence-electron chi connectivity index (χ4n) is 2.14. The van der Waals surface area contributed by atoms with Gasteiger partial charge in [0.25, 0.3) is 0 Å². The highest BCUT2D eigenvalue weighted by Crippen LogP contribution is 2.28. The van der Waals surface area contributed by atoms with E-state index < -0.39 is 18.0 Å². The number of ether oxygens (including phenoxy) is 2. The lowest BCUT2D eigenvalue weighted by molar-refractivity contribution is -0.139. The predicted molar refractivity (Wildman–Crippen MR) is 89.4 cm³/mol. The number of carbonyl (C=O) groups is 2. The van der Waals surface area contributed by atoms with Gasteiger partial charge in [-0.2, -0.15) is 0 Å². The molecular formula is C15H16BrClN2O4. The lowest BCUT2D eigenvalue weighted by Gasteiger charge is -2.26. The van der Waals surface area contributed by atoms with Crippen LogP contribution in [0, 0.1) is 0 Å². The van der Waals surface area contributed by atoms with Gasteiger partial charge in [0.2, 0.25) is 0 Å². The highest BCUT2D eigenvalue weighted by Gasteiger charge is 2.30. The molecule has 1 aliphatic heterocycles. The number of carbonyl (C=O) groups excluding carboxylic acids is 2. The molecular weight excluding hydrogens is 388 g/mol. The lowest BCUT2D eigenvalue weighted by atomic mass is 10.0. The van der Waals surface area contributed by atoms with Crippen molar-refractivity contribution in [2.75, 3.05) is 13.2 Å². The Bertz CT molecular complexity index is 663. The molecule has 1 atom stereocenters. The number of nitrogens with one attached hydrogen (secondary N) is 2. The van der Waals surface area contributed by atoms with Crippen molar-refractivity contribution in [3.8, 4) is 5.75 Å². The number of hydrogen-bond donors (Lipinski definition) is 2. The summed E-state index contributed by atoms with van der Waals surface area (Å²) in [4.78, 5) is 23.7. The third-order valence-corrected chi connectivity index (χ3v) is 3.92. The van der Waals surface area contributed by atoms with Crippen molar-refractivity contribution in [3.63, 3.8) is 0 Å². The molecule has 124 valence electrons. The van der Waals surface area contributed by atoms with E-state index in [0.717, 1.165) is 4.47 Å². The first kappa shape index (κ1) is 17.6. The Hall–Kier alpha value is -1.73. The summed E-state index contributed by atoms with van der Waals surface area (Å²) < 4.78 is 11.5. The normalized spacial score (nSPS) is 17.4. The van der Waals surface area contributed by atoms with Crippen molar-refractivity contribution in [2.24, 2.45) is 0 Å². The van der Waals surface area contributed by atoms with Crippen LogP contribution >= 0.6 is 27.5 Å². The maximum absolute atomic E-state index is 12.1. The number of halogens is 2. The minimum atomic E-state index is -0.493. The van der Waals surface area contributed by atoms with E-state index in [-0.39, 0.29) is 13.2 Å². The quantitative estimate of drug-likeness (QED) is 0.741. The summed E-state index contributed by atoms with van der Waals surface area (Å²) in [6, 6.07) is 4.31. The van der Waals surface area contributed by atoms with Crippen LogP contribution in [-0.2, 0) is 9.53 Å². The van der Waals surface area contributed by atoms with E-state index >= 15 is 0 Å². The molecule has 1 aromatic carbocycles. The van der Waals surface area contributed by atoms with Crippen LogP contribution in [0.15, 0.2) is 33.9 Å². The summed E-state index contributed by atoms with van der Waals surface area (Å²) in [5.41, 5.74) is 0.693. The predicted octanol–water partition coefficient (Wildman–Crippen LogP) is 3.00. The summed E-state index contributed by atoms with van der Waals surface area (Å²) >= 11 is 9.40. The largest absolute Gasteiger partial charge is 0.486 e. The molecule has 0 saturated heterocycles. The van der Waals surface area contributed by atoms with Gasteiger partial charge in [-0.1, -0.05) is 27.5 Å². The highest BCUT2D eigenvalue weighted by molar-refractivity contribution is 9.10. The Kier molecular flexibility index (Phi) is 5.90. The Morgan fingerprint density at radius 2 is 2.17 bits per heavy atom. The van der Waals surface area contributed by atoms with E-state index in [4.69, 9.17) is 21.1 Å². The van der Waals surface area contributed by atoms with Gasteiger partial charge in [0.15, 0.2) is 0 Å². The summed E-state index contributed by atoms with van der Waals surface area (Å²) in [7, 11) is 0. The molecule has 0 aliphatic carbocycles. The molecule has 1 aromatic rings. The Morgan fingerprint density at radius 3 is 2.83 bits per heavy atom. The number of esters is 1. The topological polar surface area (TPSA) is 76.7 Å². The second-order valence-corrected chi connectivity index (χ2v) is 6.12. The molecule has 0 saturated carbocycles. The molecule has 0 bridgehead atoms. The molecule has 23 heavy (non-hydrogen) atoms. The molecule has 8 heteroatoms. The van der Waals surface area contributed by atoms with Crippen LogP contribution in [0.5, 0.6) is 5.75 Å². The minimum absolute atomic E-state index is 0.00669. The van der Waals surface area contributed by atoms with E-state index in [1.807, 2.05) is 0 Å². The van der Waals surface area contributed by atoms with Crippen molar-refractivity contribution in [3.05, 3.63) is 39.0 Å². The SMILES string of the molecule is CCOC(=O)C1=C(COc2ccc(Br)cc2Cl)NC(=O)N[C@@H]1C. The van der Waals surface area contributed by atoms with Gasteiger partial charge in [-0.25, -0.2) is 9.59 Å². The minimum Gasteiger partial charge on any atom is -0.486 e. The van der Waals surface area contributed by atoms with Gasteiger partial charge < -0.3 is 20.1 Å². The third kappa shape index (κ3) is 4.39. The van der Waals surface area contributed by atoms with Gasteiger partial charge in [0.1, 0.15) is 12.4 Å². The monoisotopic (exact) mass is 402 g/mol. The number of amides is 2. The molecule has 0 fully saturated rings. The zero-order chi connectivity index (χ0) is 17.0. The summed E-state index contributed by atoms with van der Waals surface area (Å²) in [6.07, 6.45) is 0. The summed E-state index contributed by atoms with van der Waals surface area (Å²) in [6.45, 7) is 3.66. The lowest BCUT2D eigenvalue weighted by Crippen LogP contribution is -2.50. The first-order chi connectivity index (χ1) is 10.9. The van der Waals surface area contributed by atoms with Crippen LogP contribution in [0.1, 0.15) is 13.8 Å². The van der Waals surface area contributed by atoms with Crippen molar-refractivity contribution >= 4 is 39.5 Å². The molecule has 1 heterocycles. The molecule has 1 aliphatic rings. The Labute approximate surface area is 147 Å². The van der Waals surface area contributed by atoms with E-state index in [0.29, 0.717) is 22.0 Å². The van der Waals surface area contributed by atoms with E-state index in [1.54, 1.807) is 32.0 Å². The zero-order valence-corrected chi connectivity index (χ0v) is 15.0. The van der Waals surface area contributed by atoms with Gasteiger partial charge >= 0.3 is 12.0 Å². The van der Waals surface area contributed by atoms with Crippen LogP contribution in [0.3, 0.4) is 0 Å². The van der Waals surface area contributed by atoms with Crippen molar-refractivity contribution in [1.29, 1.82) is 0 Å². The zero-order valence-electron chi connectivity index (χ0n) is 12.6. The number of benzene rings is 1. The maximum atomic E-state index is 12.1. The number of rotatable bonds is 5. The molecule has 2 N–H and O–H groups in total. The second-order valence-electron chi connectivity index (χ2n) is 4.80. The van der Waals surface area contributed by atoms with E-state index in [1.165, 1.54) is 0 Å². The van der Waals surface area contributed by atoms with Crippen LogP contribution in [0.4, 0.5) is 4.79 Å². The van der Waals surface area contributed by atoms with Gasteiger partial charge in [0.05, 0.1) is 28.9 Å². The standard InChI is InChI=1S/C15H16BrClN2O4/c1-3-22-14(20)13-8(2)18-15(21)19-11(13)7-23-12-5-4-9(16)6-10(12)17/h4-6,8H,3,7H2,1-2H3,(H2,18,19,21)/t8-/m1/s1. The van der Waals surface area contributed by atoms with Crippen molar-refractivity contribution in [1.82, 2.24) is 10.6 Å². The van der Waals surface area contributed by atoms with Gasteiger partial charge in [0, 0.05) is 4.47 Å². The highest BCUT2D eigenvalue weighted by atomic mass is 79.9. The molecule has 2 rings (SSSR count). The van der Waals surface area contributed by atoms with Gasteiger partial charge in [-0.05, 0) is 32.0 Å². The fraction of sp³-hybridized carbons (Fsp3) is 0.333. The molecule has 0 aromatic heterocycles. The summed E-state index contributed by atoms with van der Waals surface area (Å²) in [5.74, 6) is -0.0426. The molecule has 0 unspecified atom stereocenters.